The molecule has 0 aliphatic carbocycles. The Morgan fingerprint density at radius 1 is 1.16 bits per heavy atom. The van der Waals surface area contributed by atoms with E-state index in [1.807, 2.05) is 36.4 Å². The largest absolute Gasteiger partial charge is 0.354 e. The fraction of sp³-hybridized carbons (Fsp3) is 0.188. The van der Waals surface area contributed by atoms with Gasteiger partial charge in [-0.1, -0.05) is 47.5 Å². The standard InChI is InChI=1S/C16H15BrN2/c1-2-5-12-6-3-4-7-15(12)19-16-10-14(17)9-8-13(16)11-18/h3-4,6-10,19H,2,5H2,1H3. The van der Waals surface area contributed by atoms with Crippen LogP contribution in [0.1, 0.15) is 24.5 Å². The van der Waals surface area contributed by atoms with E-state index < -0.39 is 0 Å². The number of para-hydroxylation sites is 1. The van der Waals surface area contributed by atoms with Crippen molar-refractivity contribution in [2.45, 2.75) is 19.8 Å². The predicted octanol–water partition coefficient (Wildman–Crippen LogP) is 5.02. The highest BCUT2D eigenvalue weighted by molar-refractivity contribution is 9.10. The third-order valence-electron chi connectivity index (χ3n) is 2.91. The zero-order chi connectivity index (χ0) is 13.7. The van der Waals surface area contributed by atoms with Crippen molar-refractivity contribution in [3.05, 3.63) is 58.1 Å². The van der Waals surface area contributed by atoms with Gasteiger partial charge < -0.3 is 5.32 Å². The van der Waals surface area contributed by atoms with Crippen molar-refractivity contribution in [2.24, 2.45) is 0 Å². The van der Waals surface area contributed by atoms with Crippen LogP contribution < -0.4 is 5.32 Å². The van der Waals surface area contributed by atoms with Gasteiger partial charge in [-0.05, 0) is 36.2 Å². The molecule has 2 aromatic carbocycles. The van der Waals surface area contributed by atoms with Crippen molar-refractivity contribution in [1.82, 2.24) is 0 Å². The lowest BCUT2D eigenvalue weighted by Gasteiger charge is -2.13. The summed E-state index contributed by atoms with van der Waals surface area (Å²) in [5, 5.41) is 12.5. The number of hydrogen-bond acceptors (Lipinski definition) is 2. The number of aryl methyl sites for hydroxylation is 1. The summed E-state index contributed by atoms with van der Waals surface area (Å²) < 4.78 is 0.960. The molecule has 0 heterocycles. The zero-order valence-electron chi connectivity index (χ0n) is 10.8. The first-order valence-electron chi connectivity index (χ1n) is 6.29. The van der Waals surface area contributed by atoms with Crippen molar-refractivity contribution in [2.75, 3.05) is 5.32 Å². The van der Waals surface area contributed by atoms with Crippen molar-refractivity contribution >= 4 is 27.3 Å². The Morgan fingerprint density at radius 3 is 2.68 bits per heavy atom. The molecule has 0 saturated heterocycles. The highest BCUT2D eigenvalue weighted by Crippen LogP contribution is 2.27. The third kappa shape index (κ3) is 3.36. The van der Waals surface area contributed by atoms with E-state index in [9.17, 15) is 0 Å². The predicted molar refractivity (Wildman–Crippen MR) is 82.6 cm³/mol. The normalized spacial score (nSPS) is 9.95. The maximum Gasteiger partial charge on any atom is 0.101 e. The molecule has 1 N–H and O–H groups in total. The summed E-state index contributed by atoms with van der Waals surface area (Å²) in [7, 11) is 0. The van der Waals surface area contributed by atoms with E-state index >= 15 is 0 Å². The van der Waals surface area contributed by atoms with Gasteiger partial charge in [-0.15, -0.1) is 0 Å². The Morgan fingerprint density at radius 2 is 1.95 bits per heavy atom. The molecule has 2 rings (SSSR count). The number of rotatable bonds is 4. The van der Waals surface area contributed by atoms with E-state index in [0.29, 0.717) is 5.56 Å². The van der Waals surface area contributed by atoms with Crippen LogP contribution in [0, 0.1) is 11.3 Å². The first kappa shape index (κ1) is 13.6. The van der Waals surface area contributed by atoms with Crippen LogP contribution in [0.25, 0.3) is 0 Å². The molecule has 0 spiro atoms. The van der Waals surface area contributed by atoms with Crippen LogP contribution in [0.3, 0.4) is 0 Å². The zero-order valence-corrected chi connectivity index (χ0v) is 12.4. The molecule has 0 aliphatic rings. The van der Waals surface area contributed by atoms with Crippen LogP contribution in [0.5, 0.6) is 0 Å². The van der Waals surface area contributed by atoms with E-state index in [4.69, 9.17) is 5.26 Å². The molecule has 0 saturated carbocycles. The summed E-state index contributed by atoms with van der Waals surface area (Å²) in [6.07, 6.45) is 2.13. The van der Waals surface area contributed by atoms with Crippen LogP contribution in [0.2, 0.25) is 0 Å². The van der Waals surface area contributed by atoms with Gasteiger partial charge in [0.05, 0.1) is 11.3 Å². The molecular formula is C16H15BrN2. The average molecular weight is 315 g/mol. The maximum atomic E-state index is 9.15. The van der Waals surface area contributed by atoms with Crippen molar-refractivity contribution < 1.29 is 0 Å². The molecule has 0 fully saturated rings. The van der Waals surface area contributed by atoms with Crippen molar-refractivity contribution in [3.63, 3.8) is 0 Å². The van der Waals surface area contributed by atoms with Crippen LogP contribution in [0.4, 0.5) is 11.4 Å². The molecule has 0 aromatic heterocycles. The second kappa shape index (κ2) is 6.40. The maximum absolute atomic E-state index is 9.15. The van der Waals surface area contributed by atoms with Gasteiger partial charge in [-0.25, -0.2) is 0 Å². The van der Waals surface area contributed by atoms with Crippen LogP contribution >= 0.6 is 15.9 Å². The molecule has 0 unspecified atom stereocenters. The minimum absolute atomic E-state index is 0.648. The van der Waals surface area contributed by atoms with E-state index in [2.05, 4.69) is 40.3 Å². The molecule has 3 heteroatoms. The Labute approximate surface area is 122 Å². The summed E-state index contributed by atoms with van der Waals surface area (Å²) in [4.78, 5) is 0. The minimum atomic E-state index is 0.648. The molecule has 2 nitrogen and oxygen atoms in total. The first-order chi connectivity index (χ1) is 9.24. The second-order valence-electron chi connectivity index (χ2n) is 4.33. The summed E-state index contributed by atoms with van der Waals surface area (Å²) in [6, 6.07) is 16.1. The van der Waals surface area contributed by atoms with Crippen LogP contribution in [-0.2, 0) is 6.42 Å². The van der Waals surface area contributed by atoms with Gasteiger partial charge in [-0.3, -0.25) is 0 Å². The Kier molecular flexibility index (Phi) is 4.59. The van der Waals surface area contributed by atoms with E-state index in [0.717, 1.165) is 28.7 Å². The fourth-order valence-electron chi connectivity index (χ4n) is 1.99. The molecular weight excluding hydrogens is 300 g/mol. The number of nitrogens with zero attached hydrogens (tertiary/aromatic N) is 1. The van der Waals surface area contributed by atoms with Gasteiger partial charge in [0, 0.05) is 10.2 Å². The third-order valence-corrected chi connectivity index (χ3v) is 3.40. The van der Waals surface area contributed by atoms with E-state index in [1.165, 1.54) is 5.56 Å². The van der Waals surface area contributed by atoms with Crippen LogP contribution in [-0.4, -0.2) is 0 Å². The number of benzene rings is 2. The number of nitriles is 1. The number of anilines is 2. The topological polar surface area (TPSA) is 35.8 Å². The van der Waals surface area contributed by atoms with Crippen LogP contribution in [0.15, 0.2) is 46.9 Å². The molecule has 0 radical (unpaired) electrons. The lowest BCUT2D eigenvalue weighted by atomic mass is 10.1. The lowest BCUT2D eigenvalue weighted by molar-refractivity contribution is 0.923. The highest BCUT2D eigenvalue weighted by atomic mass is 79.9. The SMILES string of the molecule is CCCc1ccccc1Nc1cc(Br)ccc1C#N. The number of halogens is 1. The second-order valence-corrected chi connectivity index (χ2v) is 5.25. The molecule has 2 aromatic rings. The van der Waals surface area contributed by atoms with Crippen molar-refractivity contribution in [3.8, 4) is 6.07 Å². The first-order valence-corrected chi connectivity index (χ1v) is 7.08. The molecule has 0 atom stereocenters. The molecule has 0 bridgehead atoms. The van der Waals surface area contributed by atoms with Crippen molar-refractivity contribution in [1.29, 1.82) is 5.26 Å². The minimum Gasteiger partial charge on any atom is -0.354 e. The van der Waals surface area contributed by atoms with Gasteiger partial charge in [0.1, 0.15) is 6.07 Å². The monoisotopic (exact) mass is 314 g/mol. The van der Waals surface area contributed by atoms with Gasteiger partial charge in [-0.2, -0.15) is 5.26 Å². The Hall–Kier alpha value is -1.79. The lowest BCUT2D eigenvalue weighted by Crippen LogP contribution is -1.98. The summed E-state index contributed by atoms with van der Waals surface area (Å²) in [6.45, 7) is 2.16. The van der Waals surface area contributed by atoms with Gasteiger partial charge in [0.15, 0.2) is 0 Å². The Balaban J connectivity index is 2.36. The summed E-state index contributed by atoms with van der Waals surface area (Å²) in [5.74, 6) is 0. The van der Waals surface area contributed by atoms with E-state index in [1.54, 1.807) is 0 Å². The molecule has 0 aliphatic heterocycles. The van der Waals surface area contributed by atoms with Gasteiger partial charge in [0.2, 0.25) is 0 Å². The average Bonchev–Trinajstić information content (AvgIpc) is 2.42. The smallest absolute Gasteiger partial charge is 0.101 e. The van der Waals surface area contributed by atoms with Gasteiger partial charge in [0.25, 0.3) is 0 Å². The molecule has 0 amide bonds. The molecule has 19 heavy (non-hydrogen) atoms. The number of hydrogen-bond donors (Lipinski definition) is 1. The number of nitrogens with one attached hydrogen (secondary N) is 1. The molecule has 96 valence electrons. The summed E-state index contributed by atoms with van der Waals surface area (Å²) >= 11 is 3.44. The quantitative estimate of drug-likeness (QED) is 0.860. The van der Waals surface area contributed by atoms with Gasteiger partial charge >= 0.3 is 0 Å². The fourth-order valence-corrected chi connectivity index (χ4v) is 2.35. The highest BCUT2D eigenvalue weighted by Gasteiger charge is 2.06. The Bertz CT molecular complexity index is 614. The van der Waals surface area contributed by atoms with E-state index in [-0.39, 0.29) is 0 Å². The summed E-state index contributed by atoms with van der Waals surface area (Å²) in [5.41, 5.74) is 3.82.